The Hall–Kier alpha value is -1.84. The Morgan fingerprint density at radius 3 is 2.68 bits per heavy atom. The van der Waals surface area contributed by atoms with E-state index in [1.165, 1.54) is 6.92 Å². The lowest BCUT2D eigenvalue weighted by molar-refractivity contribution is -0.141. The third kappa shape index (κ3) is 4.86. The maximum atomic E-state index is 12.5. The van der Waals surface area contributed by atoms with Crippen LogP contribution in [0, 0.1) is 0 Å². The summed E-state index contributed by atoms with van der Waals surface area (Å²) in [7, 11) is 0. The molecular formula is C12H13F3N4O2S. The topological polar surface area (TPSA) is 84.0 Å². The molecule has 0 unspecified atom stereocenters. The average molecular weight is 334 g/mol. The Morgan fingerprint density at radius 1 is 1.41 bits per heavy atom. The van der Waals surface area contributed by atoms with Crippen molar-refractivity contribution in [3.8, 4) is 0 Å². The fourth-order valence-corrected chi connectivity index (χ4v) is 2.18. The molecule has 1 aromatic heterocycles. The van der Waals surface area contributed by atoms with E-state index in [1.54, 1.807) is 0 Å². The fourth-order valence-electron chi connectivity index (χ4n) is 1.43. The number of halogens is 3. The van der Waals surface area contributed by atoms with Crippen molar-refractivity contribution in [1.82, 2.24) is 20.6 Å². The molecule has 6 nitrogen and oxygen atoms in total. The number of hydrogen-bond donors (Lipinski definition) is 2. The number of thioether (sulfide) groups is 1. The van der Waals surface area contributed by atoms with E-state index in [-0.39, 0.29) is 11.2 Å². The molecule has 1 atom stereocenters. The number of urea groups is 1. The molecule has 0 bridgehead atoms. The highest BCUT2D eigenvalue weighted by Gasteiger charge is 2.33. The Kier molecular flexibility index (Phi) is 4.89. The van der Waals surface area contributed by atoms with Gasteiger partial charge in [-0.05, 0) is 25.8 Å². The largest absolute Gasteiger partial charge is 0.433 e. The molecule has 1 saturated carbocycles. The minimum atomic E-state index is -4.58. The molecule has 2 N–H and O–H groups in total. The molecule has 10 heteroatoms. The summed E-state index contributed by atoms with van der Waals surface area (Å²) in [4.78, 5) is 30.2. The first-order valence-electron chi connectivity index (χ1n) is 6.44. The molecule has 1 aliphatic carbocycles. The van der Waals surface area contributed by atoms with Gasteiger partial charge in [-0.25, -0.2) is 14.8 Å². The number of alkyl halides is 3. The van der Waals surface area contributed by atoms with Crippen molar-refractivity contribution in [2.24, 2.45) is 0 Å². The molecular weight excluding hydrogens is 321 g/mol. The van der Waals surface area contributed by atoms with Crippen LogP contribution in [0.2, 0.25) is 0 Å². The van der Waals surface area contributed by atoms with Crippen LogP contribution in [0.4, 0.5) is 18.0 Å². The van der Waals surface area contributed by atoms with Crippen LogP contribution in [-0.2, 0) is 11.0 Å². The molecule has 22 heavy (non-hydrogen) atoms. The molecule has 0 aromatic carbocycles. The smallest absolute Gasteiger partial charge is 0.335 e. The van der Waals surface area contributed by atoms with Gasteiger partial charge >= 0.3 is 12.2 Å². The molecule has 1 heterocycles. The zero-order valence-corrected chi connectivity index (χ0v) is 12.3. The first kappa shape index (κ1) is 16.5. The molecule has 2 rings (SSSR count). The maximum absolute atomic E-state index is 12.5. The second-order valence-electron chi connectivity index (χ2n) is 4.72. The minimum absolute atomic E-state index is 0.0996. The first-order valence-corrected chi connectivity index (χ1v) is 7.32. The third-order valence-corrected chi connectivity index (χ3v) is 3.70. The lowest BCUT2D eigenvalue weighted by Gasteiger charge is -2.11. The SMILES string of the molecule is C[C@@H](Sc1nccc(C(F)(F)F)n1)C(=O)NC(=O)NC1CC1. The van der Waals surface area contributed by atoms with Crippen molar-refractivity contribution in [3.05, 3.63) is 18.0 Å². The molecule has 0 radical (unpaired) electrons. The summed E-state index contributed by atoms with van der Waals surface area (Å²) in [5.41, 5.74) is -1.08. The predicted octanol–water partition coefficient (Wildman–Crippen LogP) is 1.96. The summed E-state index contributed by atoms with van der Waals surface area (Å²) in [6, 6.07) is 0.241. The summed E-state index contributed by atoms with van der Waals surface area (Å²) in [6.45, 7) is 1.45. The van der Waals surface area contributed by atoms with Crippen LogP contribution in [0.15, 0.2) is 17.4 Å². The Balaban J connectivity index is 1.91. The van der Waals surface area contributed by atoms with Crippen molar-refractivity contribution in [2.75, 3.05) is 0 Å². The van der Waals surface area contributed by atoms with Gasteiger partial charge in [-0.3, -0.25) is 10.1 Å². The van der Waals surface area contributed by atoms with Gasteiger partial charge in [-0.15, -0.1) is 0 Å². The minimum Gasteiger partial charge on any atom is -0.335 e. The molecule has 0 aliphatic heterocycles. The van der Waals surface area contributed by atoms with Gasteiger partial charge in [0.25, 0.3) is 0 Å². The fraction of sp³-hybridized carbons (Fsp3) is 0.500. The predicted molar refractivity (Wildman–Crippen MR) is 72.0 cm³/mol. The van der Waals surface area contributed by atoms with E-state index in [0.29, 0.717) is 0 Å². The zero-order valence-electron chi connectivity index (χ0n) is 11.5. The molecule has 3 amide bonds. The lowest BCUT2D eigenvalue weighted by Crippen LogP contribution is -2.43. The van der Waals surface area contributed by atoms with Gasteiger partial charge in [-0.1, -0.05) is 11.8 Å². The quantitative estimate of drug-likeness (QED) is 0.650. The normalized spacial score (nSPS) is 16.0. The van der Waals surface area contributed by atoms with E-state index in [1.807, 2.05) is 0 Å². The first-order chi connectivity index (χ1) is 10.3. The highest BCUT2D eigenvalue weighted by molar-refractivity contribution is 8.00. The molecule has 120 valence electrons. The number of rotatable bonds is 4. The van der Waals surface area contributed by atoms with E-state index in [0.717, 1.165) is 36.9 Å². The Labute approximate surface area is 128 Å². The van der Waals surface area contributed by atoms with Crippen molar-refractivity contribution >= 4 is 23.7 Å². The molecule has 1 aromatic rings. The van der Waals surface area contributed by atoms with Crippen molar-refractivity contribution < 1.29 is 22.8 Å². The zero-order chi connectivity index (χ0) is 16.3. The molecule has 0 saturated heterocycles. The number of carbonyl (C=O) groups is 2. The van der Waals surface area contributed by atoms with Gasteiger partial charge in [0.1, 0.15) is 5.69 Å². The van der Waals surface area contributed by atoms with Crippen LogP contribution in [0.3, 0.4) is 0 Å². The molecule has 1 fully saturated rings. The molecule has 0 spiro atoms. The van der Waals surface area contributed by atoms with E-state index < -0.39 is 29.1 Å². The van der Waals surface area contributed by atoms with Gasteiger partial charge in [0.15, 0.2) is 5.16 Å². The summed E-state index contributed by atoms with van der Waals surface area (Å²) >= 11 is 0.744. The van der Waals surface area contributed by atoms with Crippen LogP contribution in [-0.4, -0.2) is 33.2 Å². The highest BCUT2D eigenvalue weighted by Crippen LogP contribution is 2.29. The van der Waals surface area contributed by atoms with Crippen LogP contribution < -0.4 is 10.6 Å². The van der Waals surface area contributed by atoms with E-state index in [4.69, 9.17) is 0 Å². The monoisotopic (exact) mass is 334 g/mol. The maximum Gasteiger partial charge on any atom is 0.433 e. The number of hydrogen-bond acceptors (Lipinski definition) is 5. The number of nitrogens with one attached hydrogen (secondary N) is 2. The van der Waals surface area contributed by atoms with E-state index >= 15 is 0 Å². The summed E-state index contributed by atoms with van der Waals surface area (Å²) in [5, 5.41) is 3.71. The number of aromatic nitrogens is 2. The van der Waals surface area contributed by atoms with Gasteiger partial charge in [0.05, 0.1) is 5.25 Å². The van der Waals surface area contributed by atoms with Gasteiger partial charge in [0, 0.05) is 12.2 Å². The Bertz CT molecular complexity index is 578. The van der Waals surface area contributed by atoms with Crippen LogP contribution in [0.1, 0.15) is 25.5 Å². The second kappa shape index (κ2) is 6.51. The van der Waals surface area contributed by atoms with E-state index in [9.17, 15) is 22.8 Å². The summed E-state index contributed by atoms with van der Waals surface area (Å²) in [5.74, 6) is -0.621. The van der Waals surface area contributed by atoms with Crippen molar-refractivity contribution in [1.29, 1.82) is 0 Å². The number of amides is 3. The third-order valence-electron chi connectivity index (χ3n) is 2.72. The van der Waals surface area contributed by atoms with Crippen molar-refractivity contribution in [3.63, 3.8) is 0 Å². The van der Waals surface area contributed by atoms with Gasteiger partial charge < -0.3 is 5.32 Å². The van der Waals surface area contributed by atoms with Crippen LogP contribution in [0.5, 0.6) is 0 Å². The van der Waals surface area contributed by atoms with Crippen LogP contribution >= 0.6 is 11.8 Å². The average Bonchev–Trinajstić information content (AvgIpc) is 3.21. The standard InChI is InChI=1S/C12H13F3N4O2S/c1-6(9(20)19-10(21)17-7-2-3-7)22-11-16-5-4-8(18-11)12(13,14)15/h4-7H,2-3H2,1H3,(H2,17,19,20,21)/t6-/m1/s1. The van der Waals surface area contributed by atoms with Gasteiger partial charge in [0.2, 0.25) is 5.91 Å². The Morgan fingerprint density at radius 2 is 2.09 bits per heavy atom. The number of imide groups is 1. The van der Waals surface area contributed by atoms with Crippen molar-refractivity contribution in [2.45, 2.75) is 42.4 Å². The summed E-state index contributed by atoms with van der Waals surface area (Å²) < 4.78 is 37.6. The number of carbonyl (C=O) groups excluding carboxylic acids is 2. The summed E-state index contributed by atoms with van der Waals surface area (Å²) in [6.07, 6.45) is -1.84. The second-order valence-corrected chi connectivity index (χ2v) is 6.03. The van der Waals surface area contributed by atoms with E-state index in [2.05, 4.69) is 20.6 Å². The molecule has 1 aliphatic rings. The number of nitrogens with zero attached hydrogens (tertiary/aromatic N) is 2. The highest BCUT2D eigenvalue weighted by atomic mass is 32.2. The lowest BCUT2D eigenvalue weighted by atomic mass is 10.4. The van der Waals surface area contributed by atoms with Gasteiger partial charge in [-0.2, -0.15) is 13.2 Å². The van der Waals surface area contributed by atoms with Crippen LogP contribution in [0.25, 0.3) is 0 Å².